The fraction of sp³-hybridized carbons (Fsp3) is 0.846. The Kier molecular flexibility index (Phi) is 11.7. The smallest absolute Gasteiger partial charge is 0.317 e. The second-order valence-corrected chi connectivity index (χ2v) is 20.5. The SMILES string of the molecule is CCOC(=O)C(C(=O)[C@H](CC)CO[Si](CC)(CC)CC)[C@H]1C=C[C@@H](O[Si](C)(C)C(C)(C)C)C1. The molecule has 0 saturated heterocycles. The highest BCUT2D eigenvalue weighted by atomic mass is 28.4. The van der Waals surface area contributed by atoms with Gasteiger partial charge in [0.2, 0.25) is 0 Å². The van der Waals surface area contributed by atoms with Crippen LogP contribution in [-0.4, -0.2) is 47.7 Å². The first-order valence-electron chi connectivity index (χ1n) is 13.0. The molecule has 0 spiro atoms. The summed E-state index contributed by atoms with van der Waals surface area (Å²) in [6, 6.07) is 3.14. The van der Waals surface area contributed by atoms with Gasteiger partial charge >= 0.3 is 5.97 Å². The zero-order valence-corrected chi connectivity index (χ0v) is 25.0. The minimum atomic E-state index is -1.95. The van der Waals surface area contributed by atoms with Crippen molar-refractivity contribution < 1.29 is 23.2 Å². The Morgan fingerprint density at radius 1 is 1.00 bits per heavy atom. The van der Waals surface area contributed by atoms with Gasteiger partial charge in [0.05, 0.1) is 12.7 Å². The van der Waals surface area contributed by atoms with Gasteiger partial charge in [0.15, 0.2) is 22.4 Å². The lowest BCUT2D eigenvalue weighted by Crippen LogP contribution is -2.44. The molecule has 1 rings (SSSR count). The molecule has 192 valence electrons. The first-order chi connectivity index (χ1) is 15.3. The van der Waals surface area contributed by atoms with Gasteiger partial charge in [-0.3, -0.25) is 9.59 Å². The van der Waals surface area contributed by atoms with E-state index < -0.39 is 28.5 Å². The molecule has 0 bridgehead atoms. The molecule has 1 unspecified atom stereocenters. The van der Waals surface area contributed by atoms with Crippen LogP contribution in [-0.2, 0) is 23.2 Å². The first-order valence-corrected chi connectivity index (χ1v) is 18.5. The van der Waals surface area contributed by atoms with Crippen molar-refractivity contribution in [3.63, 3.8) is 0 Å². The summed E-state index contributed by atoms with van der Waals surface area (Å²) in [4.78, 5) is 26.7. The van der Waals surface area contributed by atoms with E-state index in [-0.39, 0.29) is 35.4 Å². The molecular formula is C26H50O5Si2. The Bertz CT molecular complexity index is 656. The van der Waals surface area contributed by atoms with Crippen LogP contribution < -0.4 is 0 Å². The molecule has 4 atom stereocenters. The van der Waals surface area contributed by atoms with Gasteiger partial charge in [0.1, 0.15) is 5.92 Å². The summed E-state index contributed by atoms with van der Waals surface area (Å²) in [5.41, 5.74) is 0. The number of hydrogen-bond donors (Lipinski definition) is 0. The van der Waals surface area contributed by atoms with E-state index in [1.165, 1.54) is 0 Å². The average molecular weight is 499 g/mol. The van der Waals surface area contributed by atoms with Crippen molar-refractivity contribution in [1.29, 1.82) is 0 Å². The van der Waals surface area contributed by atoms with Gasteiger partial charge in [-0.15, -0.1) is 0 Å². The van der Waals surface area contributed by atoms with Crippen molar-refractivity contribution in [2.24, 2.45) is 17.8 Å². The van der Waals surface area contributed by atoms with Crippen molar-refractivity contribution in [2.45, 2.75) is 111 Å². The van der Waals surface area contributed by atoms with E-state index in [0.29, 0.717) is 19.4 Å². The number of hydrogen-bond acceptors (Lipinski definition) is 5. The van der Waals surface area contributed by atoms with E-state index in [1.54, 1.807) is 6.92 Å². The van der Waals surface area contributed by atoms with Crippen molar-refractivity contribution in [2.75, 3.05) is 13.2 Å². The monoisotopic (exact) mass is 498 g/mol. The maximum absolute atomic E-state index is 13.7. The molecular weight excluding hydrogens is 448 g/mol. The fourth-order valence-corrected chi connectivity index (χ4v) is 8.26. The van der Waals surface area contributed by atoms with E-state index in [4.69, 9.17) is 13.6 Å². The van der Waals surface area contributed by atoms with Gasteiger partial charge < -0.3 is 13.6 Å². The van der Waals surface area contributed by atoms with E-state index >= 15 is 0 Å². The summed E-state index contributed by atoms with van der Waals surface area (Å²) in [6.07, 6.45) is 5.31. The quantitative estimate of drug-likeness (QED) is 0.115. The second kappa shape index (κ2) is 12.8. The summed E-state index contributed by atoms with van der Waals surface area (Å²) in [5.74, 6) is -1.71. The van der Waals surface area contributed by atoms with Crippen molar-refractivity contribution in [1.82, 2.24) is 0 Å². The third-order valence-corrected chi connectivity index (χ3v) is 17.2. The number of Topliss-reactive ketones (excluding diaryl/α,β-unsaturated/α-hetero) is 1. The highest BCUT2D eigenvalue weighted by Gasteiger charge is 2.44. The van der Waals surface area contributed by atoms with Gasteiger partial charge in [-0.2, -0.15) is 0 Å². The lowest BCUT2D eigenvalue weighted by atomic mass is 9.82. The molecule has 0 N–H and O–H groups in total. The first kappa shape index (κ1) is 30.3. The van der Waals surface area contributed by atoms with Crippen molar-refractivity contribution in [3.8, 4) is 0 Å². The number of allylic oxidation sites excluding steroid dienone is 1. The van der Waals surface area contributed by atoms with E-state index in [1.807, 2.05) is 19.1 Å². The molecule has 0 saturated carbocycles. The summed E-state index contributed by atoms with van der Waals surface area (Å²) < 4.78 is 18.4. The Balaban J connectivity index is 3.02. The number of esters is 1. The van der Waals surface area contributed by atoms with Crippen LogP contribution in [0.5, 0.6) is 0 Å². The van der Waals surface area contributed by atoms with E-state index in [9.17, 15) is 9.59 Å². The summed E-state index contributed by atoms with van der Waals surface area (Å²) in [6.45, 7) is 22.2. The number of ether oxygens (including phenoxy) is 1. The molecule has 7 heteroatoms. The van der Waals surface area contributed by atoms with Crippen LogP contribution in [0.1, 0.15) is 68.2 Å². The largest absolute Gasteiger partial charge is 0.465 e. The lowest BCUT2D eigenvalue weighted by Gasteiger charge is -2.38. The molecule has 33 heavy (non-hydrogen) atoms. The van der Waals surface area contributed by atoms with Crippen LogP contribution in [0, 0.1) is 17.8 Å². The third kappa shape index (κ3) is 7.87. The predicted molar refractivity (Wildman–Crippen MR) is 141 cm³/mol. The molecule has 0 aromatic heterocycles. The molecule has 0 aliphatic heterocycles. The predicted octanol–water partition coefficient (Wildman–Crippen LogP) is 6.75. The Morgan fingerprint density at radius 3 is 2.03 bits per heavy atom. The van der Waals surface area contributed by atoms with E-state index in [0.717, 1.165) is 18.1 Å². The maximum atomic E-state index is 13.7. The fourth-order valence-electron chi connectivity index (χ4n) is 4.30. The van der Waals surface area contributed by atoms with Crippen LogP contribution >= 0.6 is 0 Å². The zero-order chi connectivity index (χ0) is 25.4. The Hall–Kier alpha value is -0.766. The van der Waals surface area contributed by atoms with Gasteiger partial charge in [-0.25, -0.2) is 0 Å². The second-order valence-electron chi connectivity index (χ2n) is 11.0. The van der Waals surface area contributed by atoms with Crippen molar-refractivity contribution in [3.05, 3.63) is 12.2 Å². The topological polar surface area (TPSA) is 61.8 Å². The summed E-state index contributed by atoms with van der Waals surface area (Å²) in [5, 5.41) is 0.105. The molecule has 0 radical (unpaired) electrons. The minimum absolute atomic E-state index is 0.0372. The van der Waals surface area contributed by atoms with Crippen LogP contribution in [0.25, 0.3) is 0 Å². The van der Waals surface area contributed by atoms with Crippen molar-refractivity contribution >= 4 is 28.4 Å². The molecule has 0 aromatic carbocycles. The molecule has 1 aliphatic carbocycles. The standard InChI is InChI=1S/C26H50O5Si2/c1-11-20(19-30-33(13-3,14-4)15-5)24(27)23(25(28)29-12-2)21-16-17-22(18-21)31-32(9,10)26(6,7)8/h16-17,20-23H,11-15,18-19H2,1-10H3/t20-,21+,22-,23?/m1/s1. The number of carbonyl (C=O) groups is 2. The molecule has 0 amide bonds. The number of ketones is 1. The van der Waals surface area contributed by atoms with Gasteiger partial charge in [0.25, 0.3) is 0 Å². The average Bonchev–Trinajstić information content (AvgIpc) is 3.18. The zero-order valence-electron chi connectivity index (χ0n) is 23.0. The molecule has 0 heterocycles. The van der Waals surface area contributed by atoms with Crippen LogP contribution in [0.3, 0.4) is 0 Å². The Labute approximate surface area is 205 Å². The third-order valence-electron chi connectivity index (χ3n) is 8.02. The molecule has 5 nitrogen and oxygen atoms in total. The summed E-state index contributed by atoms with van der Waals surface area (Å²) >= 11 is 0. The van der Waals surface area contributed by atoms with Crippen LogP contribution in [0.2, 0.25) is 36.3 Å². The molecule has 0 fully saturated rings. The van der Waals surface area contributed by atoms with Crippen LogP contribution in [0.15, 0.2) is 12.2 Å². The minimum Gasteiger partial charge on any atom is -0.465 e. The lowest BCUT2D eigenvalue weighted by molar-refractivity contribution is -0.154. The summed E-state index contributed by atoms with van der Waals surface area (Å²) in [7, 11) is -3.75. The van der Waals surface area contributed by atoms with Gasteiger partial charge in [0, 0.05) is 12.5 Å². The van der Waals surface area contributed by atoms with Crippen LogP contribution in [0.4, 0.5) is 0 Å². The normalized spacial score (nSPS) is 21.2. The molecule has 1 aliphatic rings. The highest BCUT2D eigenvalue weighted by Crippen LogP contribution is 2.40. The van der Waals surface area contributed by atoms with Gasteiger partial charge in [-0.05, 0) is 61.9 Å². The highest BCUT2D eigenvalue weighted by molar-refractivity contribution is 6.74. The van der Waals surface area contributed by atoms with Gasteiger partial charge in [-0.1, -0.05) is 60.6 Å². The molecule has 0 aromatic rings. The number of rotatable bonds is 14. The Morgan fingerprint density at radius 2 is 1.58 bits per heavy atom. The van der Waals surface area contributed by atoms with E-state index in [2.05, 4.69) is 54.6 Å². The maximum Gasteiger partial charge on any atom is 0.317 e. The number of carbonyl (C=O) groups excluding carboxylic acids is 2.